The quantitative estimate of drug-likeness (QED) is 0.632. The maximum absolute atomic E-state index is 12.3. The van der Waals surface area contributed by atoms with E-state index in [0.29, 0.717) is 0 Å². The number of halogens is 2. The molecule has 0 bridgehead atoms. The van der Waals surface area contributed by atoms with Crippen LogP contribution in [-0.2, 0) is 0 Å². The average molecular weight is 316 g/mol. The van der Waals surface area contributed by atoms with Gasteiger partial charge in [-0.1, -0.05) is 23.2 Å². The van der Waals surface area contributed by atoms with Crippen molar-refractivity contribution in [2.45, 2.75) is 19.4 Å². The Kier molecular flexibility index (Phi) is 4.58. The monoisotopic (exact) mass is 315 g/mol. The van der Waals surface area contributed by atoms with E-state index >= 15 is 0 Å². The van der Waals surface area contributed by atoms with E-state index in [1.54, 1.807) is 0 Å². The fourth-order valence-corrected chi connectivity index (χ4v) is 1.99. The summed E-state index contributed by atoms with van der Waals surface area (Å²) in [4.78, 5) is 23.7. The van der Waals surface area contributed by atoms with Gasteiger partial charge in [0.1, 0.15) is 16.1 Å². The smallest absolute Gasteiger partial charge is 0.300 e. The van der Waals surface area contributed by atoms with Gasteiger partial charge in [-0.25, -0.2) is 0 Å². The molecule has 0 atom stereocenters. The average Bonchev–Trinajstić information content (AvgIpc) is 2.35. The molecule has 0 radical (unpaired) electrons. The van der Waals surface area contributed by atoms with Crippen molar-refractivity contribution in [2.75, 3.05) is 7.05 Å². The van der Waals surface area contributed by atoms with E-state index in [1.807, 2.05) is 6.07 Å². The first-order chi connectivity index (χ1) is 9.11. The highest BCUT2D eigenvalue weighted by atomic mass is 35.5. The highest BCUT2D eigenvalue weighted by Gasteiger charge is 2.33. The van der Waals surface area contributed by atoms with E-state index in [1.165, 1.54) is 27.0 Å². The van der Waals surface area contributed by atoms with Crippen LogP contribution in [0.1, 0.15) is 24.2 Å². The van der Waals surface area contributed by atoms with Gasteiger partial charge >= 0.3 is 5.69 Å². The van der Waals surface area contributed by atoms with Gasteiger partial charge in [0.25, 0.3) is 5.91 Å². The Morgan fingerprint density at radius 1 is 1.45 bits per heavy atom. The predicted molar refractivity (Wildman–Crippen MR) is 74.9 cm³/mol. The summed E-state index contributed by atoms with van der Waals surface area (Å²) < 4.78 is 0. The zero-order chi connectivity index (χ0) is 15.7. The highest BCUT2D eigenvalue weighted by Crippen LogP contribution is 2.33. The van der Waals surface area contributed by atoms with Gasteiger partial charge < -0.3 is 4.90 Å². The maximum Gasteiger partial charge on any atom is 0.300 e. The molecule has 0 saturated heterocycles. The van der Waals surface area contributed by atoms with E-state index in [4.69, 9.17) is 28.5 Å². The summed E-state index contributed by atoms with van der Waals surface area (Å²) in [6, 6.07) is 4.29. The third-order valence-corrected chi connectivity index (χ3v) is 3.36. The number of nitrogens with zero attached hydrogens (tertiary/aromatic N) is 3. The molecule has 1 aromatic rings. The number of nitriles is 1. The van der Waals surface area contributed by atoms with Gasteiger partial charge in [0.2, 0.25) is 0 Å². The molecule has 0 aromatic heterocycles. The molecular formula is C12H11Cl2N3O3. The first kappa shape index (κ1) is 16.2. The van der Waals surface area contributed by atoms with E-state index in [0.717, 1.165) is 11.0 Å². The minimum atomic E-state index is -1.13. The molecule has 106 valence electrons. The molecule has 0 aliphatic heterocycles. The van der Waals surface area contributed by atoms with Crippen molar-refractivity contribution in [3.63, 3.8) is 0 Å². The fraction of sp³-hybridized carbons (Fsp3) is 0.333. The van der Waals surface area contributed by atoms with Crippen molar-refractivity contribution < 1.29 is 9.72 Å². The number of nitro groups is 1. The summed E-state index contributed by atoms with van der Waals surface area (Å²) in [5.41, 5.74) is -1.90. The Balaban J connectivity index is 3.44. The Bertz CT molecular complexity index is 623. The van der Waals surface area contributed by atoms with Crippen LogP contribution in [0.3, 0.4) is 0 Å². The molecule has 8 heteroatoms. The lowest BCUT2D eigenvalue weighted by molar-refractivity contribution is -0.385. The summed E-state index contributed by atoms with van der Waals surface area (Å²) in [5.74, 6) is -0.701. The van der Waals surface area contributed by atoms with Crippen molar-refractivity contribution in [1.82, 2.24) is 4.90 Å². The molecule has 0 fully saturated rings. The number of rotatable bonds is 3. The summed E-state index contributed by atoms with van der Waals surface area (Å²) in [7, 11) is 1.38. The SMILES string of the molecule is CN(C(=O)c1cc(Cl)cc(Cl)c1[N+](=O)[O-])C(C)(C)C#N. The molecule has 20 heavy (non-hydrogen) atoms. The molecule has 0 heterocycles. The molecule has 0 aliphatic rings. The van der Waals surface area contributed by atoms with Gasteiger partial charge in [0.05, 0.1) is 11.0 Å². The van der Waals surface area contributed by atoms with Crippen LogP contribution in [0.15, 0.2) is 12.1 Å². The fourth-order valence-electron chi connectivity index (χ4n) is 1.42. The van der Waals surface area contributed by atoms with Gasteiger partial charge in [0, 0.05) is 12.1 Å². The number of hydrogen-bond acceptors (Lipinski definition) is 4. The van der Waals surface area contributed by atoms with Crippen LogP contribution in [0, 0.1) is 21.4 Å². The summed E-state index contributed by atoms with van der Waals surface area (Å²) in [6.07, 6.45) is 0. The summed E-state index contributed by atoms with van der Waals surface area (Å²) >= 11 is 11.5. The number of hydrogen-bond donors (Lipinski definition) is 0. The number of nitro benzene ring substituents is 1. The van der Waals surface area contributed by atoms with Crippen LogP contribution in [0.4, 0.5) is 5.69 Å². The molecule has 0 saturated carbocycles. The number of carbonyl (C=O) groups excluding carboxylic acids is 1. The third kappa shape index (κ3) is 3.00. The van der Waals surface area contributed by atoms with Gasteiger partial charge in [-0.05, 0) is 26.0 Å². The van der Waals surface area contributed by atoms with Crippen LogP contribution in [0.5, 0.6) is 0 Å². The molecular weight excluding hydrogens is 305 g/mol. The van der Waals surface area contributed by atoms with Crippen LogP contribution in [0.25, 0.3) is 0 Å². The zero-order valence-corrected chi connectivity index (χ0v) is 12.5. The molecule has 0 aliphatic carbocycles. The van der Waals surface area contributed by atoms with E-state index < -0.39 is 22.1 Å². The Labute approximate surface area is 125 Å². The zero-order valence-electron chi connectivity index (χ0n) is 11.0. The summed E-state index contributed by atoms with van der Waals surface area (Å²) in [6.45, 7) is 3.03. The third-order valence-electron chi connectivity index (χ3n) is 2.86. The molecule has 1 aromatic carbocycles. The van der Waals surface area contributed by atoms with Gasteiger partial charge in [-0.15, -0.1) is 0 Å². The second-order valence-electron chi connectivity index (χ2n) is 4.58. The van der Waals surface area contributed by atoms with Crippen molar-refractivity contribution >= 4 is 34.8 Å². The van der Waals surface area contributed by atoms with Gasteiger partial charge in [-0.3, -0.25) is 14.9 Å². The minimum Gasteiger partial charge on any atom is -0.323 e. The number of amides is 1. The van der Waals surface area contributed by atoms with E-state index in [2.05, 4.69) is 0 Å². The Morgan fingerprint density at radius 2 is 2.00 bits per heavy atom. The lowest BCUT2D eigenvalue weighted by atomic mass is 10.0. The first-order valence-electron chi connectivity index (χ1n) is 5.44. The lowest BCUT2D eigenvalue weighted by Gasteiger charge is -2.29. The maximum atomic E-state index is 12.3. The Morgan fingerprint density at radius 3 is 2.45 bits per heavy atom. The molecule has 6 nitrogen and oxygen atoms in total. The van der Waals surface area contributed by atoms with Crippen molar-refractivity contribution in [1.29, 1.82) is 5.26 Å². The molecule has 1 amide bonds. The van der Waals surface area contributed by atoms with Crippen LogP contribution in [-0.4, -0.2) is 28.3 Å². The van der Waals surface area contributed by atoms with Crippen molar-refractivity contribution in [2.24, 2.45) is 0 Å². The van der Waals surface area contributed by atoms with Crippen LogP contribution in [0.2, 0.25) is 10.0 Å². The minimum absolute atomic E-state index is 0.104. The Hall–Kier alpha value is -1.84. The molecule has 1 rings (SSSR count). The largest absolute Gasteiger partial charge is 0.323 e. The van der Waals surface area contributed by atoms with Crippen LogP contribution < -0.4 is 0 Å². The topological polar surface area (TPSA) is 87.2 Å². The van der Waals surface area contributed by atoms with Gasteiger partial charge in [-0.2, -0.15) is 5.26 Å². The first-order valence-corrected chi connectivity index (χ1v) is 6.20. The number of carbonyl (C=O) groups is 1. The second-order valence-corrected chi connectivity index (χ2v) is 5.42. The van der Waals surface area contributed by atoms with Crippen LogP contribution >= 0.6 is 23.2 Å². The molecule has 0 unspecified atom stereocenters. The molecule has 0 spiro atoms. The molecule has 0 N–H and O–H groups in total. The standard InChI is InChI=1S/C12H11Cl2N3O3/c1-12(2,6-15)16(3)11(18)8-4-7(13)5-9(14)10(8)17(19)20/h4-5H,1-3H3. The van der Waals surface area contributed by atoms with Crippen molar-refractivity contribution in [3.8, 4) is 6.07 Å². The van der Waals surface area contributed by atoms with E-state index in [9.17, 15) is 14.9 Å². The second kappa shape index (κ2) is 5.65. The van der Waals surface area contributed by atoms with E-state index in [-0.39, 0.29) is 15.6 Å². The normalized spacial score (nSPS) is 10.8. The predicted octanol–water partition coefficient (Wildman–Crippen LogP) is 3.28. The van der Waals surface area contributed by atoms with Crippen molar-refractivity contribution in [3.05, 3.63) is 37.9 Å². The lowest BCUT2D eigenvalue weighted by Crippen LogP contribution is -2.44. The summed E-state index contributed by atoms with van der Waals surface area (Å²) in [5, 5.41) is 19.9. The highest BCUT2D eigenvalue weighted by molar-refractivity contribution is 6.37. The van der Waals surface area contributed by atoms with Gasteiger partial charge in [0.15, 0.2) is 0 Å². The number of benzene rings is 1.